The number of aryl methyl sites for hydroxylation is 1. The van der Waals surface area contributed by atoms with Gasteiger partial charge in [0.1, 0.15) is 5.82 Å². The molecule has 1 aromatic rings. The molecule has 4 nitrogen and oxygen atoms in total. The molecule has 16 heavy (non-hydrogen) atoms. The van der Waals surface area contributed by atoms with Gasteiger partial charge in [-0.05, 0) is 32.2 Å². The summed E-state index contributed by atoms with van der Waals surface area (Å²) in [6, 6.07) is 0. The standard InChI is InChI=1S/C12H19N3O/c1-8-4-6-15-11(7-8)14-9(2)10(3-5-13)12(15)16/h8H,3-7,13H2,1-2H3. The number of nitrogens with zero attached hydrogens (tertiary/aromatic N) is 2. The molecule has 1 aliphatic rings. The summed E-state index contributed by atoms with van der Waals surface area (Å²) in [5.74, 6) is 1.58. The number of rotatable bonds is 2. The Balaban J connectivity index is 2.51. The molecule has 2 rings (SSSR count). The smallest absolute Gasteiger partial charge is 0.256 e. The molecule has 0 saturated carbocycles. The lowest BCUT2D eigenvalue weighted by atomic mass is 9.99. The molecule has 0 bridgehead atoms. The molecular formula is C12H19N3O. The van der Waals surface area contributed by atoms with Gasteiger partial charge in [-0.3, -0.25) is 9.36 Å². The molecule has 1 aliphatic heterocycles. The van der Waals surface area contributed by atoms with Gasteiger partial charge in [0.15, 0.2) is 0 Å². The second-order valence-corrected chi connectivity index (χ2v) is 4.69. The minimum absolute atomic E-state index is 0.125. The van der Waals surface area contributed by atoms with E-state index in [1.807, 2.05) is 11.5 Å². The molecule has 1 atom stereocenters. The van der Waals surface area contributed by atoms with E-state index in [0.29, 0.717) is 18.9 Å². The van der Waals surface area contributed by atoms with Crippen LogP contribution in [0, 0.1) is 12.8 Å². The first-order valence-corrected chi connectivity index (χ1v) is 5.92. The Bertz CT molecular complexity index is 450. The minimum Gasteiger partial charge on any atom is -0.330 e. The van der Waals surface area contributed by atoms with Crippen molar-refractivity contribution in [2.45, 2.75) is 39.7 Å². The fourth-order valence-electron chi connectivity index (χ4n) is 2.34. The van der Waals surface area contributed by atoms with E-state index in [4.69, 9.17) is 5.73 Å². The molecule has 0 saturated heterocycles. The molecule has 88 valence electrons. The predicted molar refractivity (Wildman–Crippen MR) is 63.5 cm³/mol. The van der Waals surface area contributed by atoms with Crippen LogP contribution in [0.25, 0.3) is 0 Å². The zero-order valence-corrected chi connectivity index (χ0v) is 9.99. The van der Waals surface area contributed by atoms with Crippen LogP contribution in [0.5, 0.6) is 0 Å². The zero-order chi connectivity index (χ0) is 11.7. The van der Waals surface area contributed by atoms with E-state index >= 15 is 0 Å². The van der Waals surface area contributed by atoms with Gasteiger partial charge in [-0.1, -0.05) is 6.92 Å². The second kappa shape index (κ2) is 4.37. The summed E-state index contributed by atoms with van der Waals surface area (Å²) in [7, 11) is 0. The molecule has 4 heteroatoms. The first kappa shape index (κ1) is 11.3. The molecule has 1 unspecified atom stereocenters. The van der Waals surface area contributed by atoms with Gasteiger partial charge in [0.25, 0.3) is 5.56 Å². The SMILES string of the molecule is Cc1nc2n(c(=O)c1CCN)CCC(C)C2. The van der Waals surface area contributed by atoms with E-state index in [2.05, 4.69) is 11.9 Å². The average Bonchev–Trinajstić information content (AvgIpc) is 2.23. The van der Waals surface area contributed by atoms with E-state index in [1.54, 1.807) is 0 Å². The Kier molecular flexibility index (Phi) is 3.10. The summed E-state index contributed by atoms with van der Waals surface area (Å²) in [5, 5.41) is 0. The minimum atomic E-state index is 0.125. The number of aromatic nitrogens is 2. The van der Waals surface area contributed by atoms with E-state index in [9.17, 15) is 4.79 Å². The van der Waals surface area contributed by atoms with Gasteiger partial charge in [0.05, 0.1) is 0 Å². The van der Waals surface area contributed by atoms with Crippen LogP contribution < -0.4 is 11.3 Å². The van der Waals surface area contributed by atoms with Crippen molar-refractivity contribution < 1.29 is 0 Å². The van der Waals surface area contributed by atoms with E-state index < -0.39 is 0 Å². The van der Waals surface area contributed by atoms with E-state index in [1.165, 1.54) is 0 Å². The molecule has 2 heterocycles. The molecule has 0 radical (unpaired) electrons. The maximum absolute atomic E-state index is 12.2. The van der Waals surface area contributed by atoms with Gasteiger partial charge >= 0.3 is 0 Å². The third-order valence-corrected chi connectivity index (χ3v) is 3.32. The normalized spacial score (nSPS) is 19.6. The Morgan fingerprint density at radius 3 is 3.00 bits per heavy atom. The van der Waals surface area contributed by atoms with Gasteiger partial charge in [0.2, 0.25) is 0 Å². The van der Waals surface area contributed by atoms with Crippen molar-refractivity contribution in [3.63, 3.8) is 0 Å². The van der Waals surface area contributed by atoms with E-state index in [0.717, 1.165) is 36.5 Å². The van der Waals surface area contributed by atoms with Crippen LogP contribution in [0.4, 0.5) is 0 Å². The predicted octanol–water partition coefficient (Wildman–Crippen LogP) is 0.635. The highest BCUT2D eigenvalue weighted by Crippen LogP contribution is 2.17. The second-order valence-electron chi connectivity index (χ2n) is 4.69. The fraction of sp³-hybridized carbons (Fsp3) is 0.667. The fourth-order valence-corrected chi connectivity index (χ4v) is 2.34. The van der Waals surface area contributed by atoms with Crippen LogP contribution in [-0.4, -0.2) is 16.1 Å². The number of fused-ring (bicyclic) bond motifs is 1. The van der Waals surface area contributed by atoms with Crippen molar-refractivity contribution in [2.24, 2.45) is 11.7 Å². The molecule has 0 spiro atoms. The summed E-state index contributed by atoms with van der Waals surface area (Å²) in [5.41, 5.74) is 7.30. The summed E-state index contributed by atoms with van der Waals surface area (Å²) < 4.78 is 1.83. The maximum Gasteiger partial charge on any atom is 0.256 e. The lowest BCUT2D eigenvalue weighted by molar-refractivity contribution is 0.391. The molecule has 2 N–H and O–H groups in total. The van der Waals surface area contributed by atoms with Gasteiger partial charge in [0, 0.05) is 24.2 Å². The summed E-state index contributed by atoms with van der Waals surface area (Å²) in [6.07, 6.45) is 2.62. The average molecular weight is 221 g/mol. The molecular weight excluding hydrogens is 202 g/mol. The van der Waals surface area contributed by atoms with Gasteiger partial charge in [-0.15, -0.1) is 0 Å². The van der Waals surface area contributed by atoms with Crippen molar-refractivity contribution in [3.05, 3.63) is 27.4 Å². The molecule has 0 aromatic carbocycles. The molecule has 1 aromatic heterocycles. The maximum atomic E-state index is 12.2. The van der Waals surface area contributed by atoms with Crippen molar-refractivity contribution in [2.75, 3.05) is 6.54 Å². The Labute approximate surface area is 95.5 Å². The molecule has 0 fully saturated rings. The number of hydrogen-bond acceptors (Lipinski definition) is 3. The highest BCUT2D eigenvalue weighted by atomic mass is 16.1. The molecule has 0 amide bonds. The van der Waals surface area contributed by atoms with Gasteiger partial charge < -0.3 is 5.73 Å². The quantitative estimate of drug-likeness (QED) is 0.797. The Hall–Kier alpha value is -1.16. The van der Waals surface area contributed by atoms with Crippen LogP contribution in [0.2, 0.25) is 0 Å². The third-order valence-electron chi connectivity index (χ3n) is 3.32. The summed E-state index contributed by atoms with van der Waals surface area (Å²) >= 11 is 0. The van der Waals surface area contributed by atoms with Gasteiger partial charge in [-0.2, -0.15) is 0 Å². The van der Waals surface area contributed by atoms with Crippen LogP contribution in [0.15, 0.2) is 4.79 Å². The Morgan fingerprint density at radius 1 is 1.56 bits per heavy atom. The lowest BCUT2D eigenvalue weighted by Gasteiger charge is -2.23. The first-order valence-electron chi connectivity index (χ1n) is 5.92. The number of hydrogen-bond donors (Lipinski definition) is 1. The van der Waals surface area contributed by atoms with Crippen LogP contribution >= 0.6 is 0 Å². The van der Waals surface area contributed by atoms with E-state index in [-0.39, 0.29) is 5.56 Å². The van der Waals surface area contributed by atoms with Crippen molar-refractivity contribution in [3.8, 4) is 0 Å². The first-order chi connectivity index (χ1) is 7.63. The van der Waals surface area contributed by atoms with Crippen LogP contribution in [-0.2, 0) is 19.4 Å². The monoisotopic (exact) mass is 221 g/mol. The molecule has 0 aliphatic carbocycles. The number of nitrogens with two attached hydrogens (primary N) is 1. The van der Waals surface area contributed by atoms with Crippen molar-refractivity contribution >= 4 is 0 Å². The lowest BCUT2D eigenvalue weighted by Crippen LogP contribution is -2.34. The third kappa shape index (κ3) is 1.89. The highest BCUT2D eigenvalue weighted by molar-refractivity contribution is 5.19. The summed E-state index contributed by atoms with van der Waals surface area (Å²) in [6.45, 7) is 5.43. The van der Waals surface area contributed by atoms with Crippen molar-refractivity contribution in [1.82, 2.24) is 9.55 Å². The van der Waals surface area contributed by atoms with Crippen molar-refractivity contribution in [1.29, 1.82) is 0 Å². The zero-order valence-electron chi connectivity index (χ0n) is 9.99. The Morgan fingerprint density at radius 2 is 2.31 bits per heavy atom. The van der Waals surface area contributed by atoms with Gasteiger partial charge in [-0.25, -0.2) is 4.98 Å². The highest BCUT2D eigenvalue weighted by Gasteiger charge is 2.19. The largest absolute Gasteiger partial charge is 0.330 e. The summed E-state index contributed by atoms with van der Waals surface area (Å²) in [4.78, 5) is 16.7. The van der Waals surface area contributed by atoms with Crippen LogP contribution in [0.1, 0.15) is 30.4 Å². The topological polar surface area (TPSA) is 60.9 Å². The van der Waals surface area contributed by atoms with Crippen LogP contribution in [0.3, 0.4) is 0 Å².